The molecule has 2 aromatic carbocycles. The average molecular weight is 365 g/mol. The number of hydrogen-bond acceptors (Lipinski definition) is 4. The van der Waals surface area contributed by atoms with Crippen LogP contribution in [0.1, 0.15) is 25.1 Å². The zero-order valence-electron chi connectivity index (χ0n) is 15.4. The number of carbonyl (C=O) groups excluding carboxylic acids is 1. The van der Waals surface area contributed by atoms with Crippen molar-refractivity contribution in [1.82, 2.24) is 9.55 Å². The van der Waals surface area contributed by atoms with Crippen LogP contribution < -0.4 is 14.8 Å². The Morgan fingerprint density at radius 3 is 2.74 bits per heavy atom. The van der Waals surface area contributed by atoms with Crippen molar-refractivity contribution in [3.63, 3.8) is 0 Å². The van der Waals surface area contributed by atoms with Gasteiger partial charge in [-0.2, -0.15) is 0 Å². The number of fused-ring (bicyclic) bond motifs is 3. The van der Waals surface area contributed by atoms with E-state index in [1.807, 2.05) is 18.2 Å². The van der Waals surface area contributed by atoms with Crippen molar-refractivity contribution in [2.75, 3.05) is 19.0 Å². The Hall–Kier alpha value is -3.02. The van der Waals surface area contributed by atoms with Crippen molar-refractivity contribution in [2.45, 2.75) is 32.2 Å². The van der Waals surface area contributed by atoms with Crippen LogP contribution in [0.25, 0.3) is 11.0 Å². The van der Waals surface area contributed by atoms with Crippen molar-refractivity contribution < 1.29 is 14.3 Å². The molecule has 0 unspecified atom stereocenters. The topological polar surface area (TPSA) is 65.4 Å². The number of nitrogens with zero attached hydrogens (tertiary/aromatic N) is 2. The van der Waals surface area contributed by atoms with Crippen molar-refractivity contribution in [3.05, 3.63) is 48.3 Å². The van der Waals surface area contributed by atoms with E-state index < -0.39 is 0 Å². The van der Waals surface area contributed by atoms with Crippen molar-refractivity contribution in [3.8, 4) is 11.5 Å². The van der Waals surface area contributed by atoms with Crippen LogP contribution in [0.2, 0.25) is 0 Å². The van der Waals surface area contributed by atoms with Gasteiger partial charge in [-0.05, 0) is 55.3 Å². The Labute approximate surface area is 158 Å². The summed E-state index contributed by atoms with van der Waals surface area (Å²) in [6.07, 6.45) is 4.66. The molecule has 27 heavy (non-hydrogen) atoms. The molecule has 1 aromatic heterocycles. The van der Waals surface area contributed by atoms with Gasteiger partial charge in [0.15, 0.2) is 6.61 Å². The number of imidazole rings is 1. The molecule has 0 atom stereocenters. The average Bonchev–Trinajstić information content (AvgIpc) is 2.86. The summed E-state index contributed by atoms with van der Waals surface area (Å²) in [6, 6.07) is 13.0. The van der Waals surface area contributed by atoms with Gasteiger partial charge in [-0.1, -0.05) is 6.42 Å². The molecule has 0 aliphatic carbocycles. The molecule has 1 N–H and O–H groups in total. The minimum absolute atomic E-state index is 0.0515. The van der Waals surface area contributed by atoms with Gasteiger partial charge in [0, 0.05) is 18.7 Å². The largest absolute Gasteiger partial charge is 0.497 e. The minimum Gasteiger partial charge on any atom is -0.497 e. The molecule has 2 heterocycles. The summed E-state index contributed by atoms with van der Waals surface area (Å²) >= 11 is 0. The van der Waals surface area contributed by atoms with Gasteiger partial charge >= 0.3 is 0 Å². The first-order valence-electron chi connectivity index (χ1n) is 9.29. The number of hydrogen-bond donors (Lipinski definition) is 1. The van der Waals surface area contributed by atoms with E-state index in [-0.39, 0.29) is 12.5 Å². The summed E-state index contributed by atoms with van der Waals surface area (Å²) in [7, 11) is 1.61. The molecule has 0 fully saturated rings. The molecule has 140 valence electrons. The summed E-state index contributed by atoms with van der Waals surface area (Å²) in [5.74, 6) is 2.32. The summed E-state index contributed by atoms with van der Waals surface area (Å²) in [5.41, 5.74) is 2.80. The zero-order valence-corrected chi connectivity index (χ0v) is 15.4. The Balaban J connectivity index is 1.41. The summed E-state index contributed by atoms with van der Waals surface area (Å²) < 4.78 is 12.9. The predicted molar refractivity (Wildman–Crippen MR) is 104 cm³/mol. The van der Waals surface area contributed by atoms with E-state index in [0.29, 0.717) is 5.75 Å². The van der Waals surface area contributed by atoms with E-state index in [2.05, 4.69) is 9.88 Å². The zero-order chi connectivity index (χ0) is 18.6. The fourth-order valence-electron chi connectivity index (χ4n) is 3.45. The maximum atomic E-state index is 12.2. The molecule has 0 spiro atoms. The third-order valence-corrected chi connectivity index (χ3v) is 4.82. The van der Waals surface area contributed by atoms with Crippen LogP contribution in [0.3, 0.4) is 0 Å². The molecule has 0 radical (unpaired) electrons. The first-order chi connectivity index (χ1) is 13.2. The van der Waals surface area contributed by atoms with Crippen LogP contribution in [-0.2, 0) is 17.8 Å². The molecule has 0 saturated heterocycles. The predicted octanol–water partition coefficient (Wildman–Crippen LogP) is 3.79. The van der Waals surface area contributed by atoms with Gasteiger partial charge in [0.05, 0.1) is 18.1 Å². The number of anilines is 1. The number of aromatic nitrogens is 2. The summed E-state index contributed by atoms with van der Waals surface area (Å²) in [6.45, 7) is 0.970. The molecule has 4 rings (SSSR count). The minimum atomic E-state index is -0.203. The van der Waals surface area contributed by atoms with E-state index >= 15 is 0 Å². The quantitative estimate of drug-likeness (QED) is 0.747. The standard InChI is InChI=1S/C21H23N3O3/c1-26-16-7-9-17(10-8-16)27-14-21(25)22-15-6-11-19-18(13-15)23-20-5-3-2-4-12-24(19)20/h6-11,13H,2-5,12,14H2,1H3,(H,22,25). The second kappa shape index (κ2) is 7.70. The Morgan fingerprint density at radius 1 is 1.11 bits per heavy atom. The van der Waals surface area contributed by atoms with Gasteiger partial charge in [0.25, 0.3) is 5.91 Å². The molecular weight excluding hydrogens is 342 g/mol. The van der Waals surface area contributed by atoms with Gasteiger partial charge in [-0.15, -0.1) is 0 Å². The van der Waals surface area contributed by atoms with Gasteiger partial charge in [0.1, 0.15) is 17.3 Å². The Morgan fingerprint density at radius 2 is 1.93 bits per heavy atom. The number of benzene rings is 2. The molecule has 0 bridgehead atoms. The Kier molecular flexibility index (Phi) is 4.96. The van der Waals surface area contributed by atoms with Crippen LogP contribution in [0, 0.1) is 0 Å². The number of amides is 1. The number of nitrogens with one attached hydrogen (secondary N) is 1. The second-order valence-electron chi connectivity index (χ2n) is 6.71. The highest BCUT2D eigenvalue weighted by Gasteiger charge is 2.14. The lowest BCUT2D eigenvalue weighted by Crippen LogP contribution is -2.20. The smallest absolute Gasteiger partial charge is 0.262 e. The van der Waals surface area contributed by atoms with E-state index in [1.165, 1.54) is 19.3 Å². The van der Waals surface area contributed by atoms with Gasteiger partial charge in [-0.25, -0.2) is 4.98 Å². The van der Waals surface area contributed by atoms with Crippen molar-refractivity contribution in [1.29, 1.82) is 0 Å². The van der Waals surface area contributed by atoms with Crippen LogP contribution >= 0.6 is 0 Å². The SMILES string of the molecule is COc1ccc(OCC(=O)Nc2ccc3c(c2)nc2n3CCCCC2)cc1. The number of aryl methyl sites for hydroxylation is 2. The first-order valence-corrected chi connectivity index (χ1v) is 9.29. The highest BCUT2D eigenvalue weighted by atomic mass is 16.5. The lowest BCUT2D eigenvalue weighted by atomic mass is 10.2. The summed E-state index contributed by atoms with van der Waals surface area (Å²) in [4.78, 5) is 17.0. The normalized spacial score (nSPS) is 13.7. The van der Waals surface area contributed by atoms with E-state index in [1.54, 1.807) is 31.4 Å². The second-order valence-corrected chi connectivity index (χ2v) is 6.71. The first kappa shape index (κ1) is 17.4. The van der Waals surface area contributed by atoms with Gasteiger partial charge < -0.3 is 19.4 Å². The maximum Gasteiger partial charge on any atom is 0.262 e. The highest BCUT2D eigenvalue weighted by molar-refractivity contribution is 5.94. The van der Waals surface area contributed by atoms with Crippen LogP contribution in [0.4, 0.5) is 5.69 Å². The molecule has 1 amide bonds. The number of methoxy groups -OCH3 is 1. The molecule has 6 heteroatoms. The molecule has 1 aliphatic heterocycles. The lowest BCUT2D eigenvalue weighted by Gasteiger charge is -2.09. The monoisotopic (exact) mass is 365 g/mol. The summed E-state index contributed by atoms with van der Waals surface area (Å²) in [5, 5.41) is 2.88. The third-order valence-electron chi connectivity index (χ3n) is 4.82. The molecule has 0 saturated carbocycles. The molecule has 6 nitrogen and oxygen atoms in total. The number of ether oxygens (including phenoxy) is 2. The van der Waals surface area contributed by atoms with Crippen LogP contribution in [-0.4, -0.2) is 29.2 Å². The van der Waals surface area contributed by atoms with E-state index in [4.69, 9.17) is 14.5 Å². The lowest BCUT2D eigenvalue weighted by molar-refractivity contribution is -0.118. The van der Waals surface area contributed by atoms with Crippen LogP contribution in [0.15, 0.2) is 42.5 Å². The Bertz CT molecular complexity index is 947. The number of rotatable bonds is 5. The van der Waals surface area contributed by atoms with Crippen molar-refractivity contribution in [2.24, 2.45) is 0 Å². The van der Waals surface area contributed by atoms with E-state index in [9.17, 15) is 4.79 Å². The fraction of sp³-hybridized carbons (Fsp3) is 0.333. The highest BCUT2D eigenvalue weighted by Crippen LogP contribution is 2.24. The van der Waals surface area contributed by atoms with Gasteiger partial charge in [0.2, 0.25) is 0 Å². The molecular formula is C21H23N3O3. The van der Waals surface area contributed by atoms with E-state index in [0.717, 1.165) is 41.3 Å². The third kappa shape index (κ3) is 3.89. The molecule has 3 aromatic rings. The number of carbonyl (C=O) groups is 1. The molecule has 1 aliphatic rings. The fourth-order valence-corrected chi connectivity index (χ4v) is 3.45. The van der Waals surface area contributed by atoms with Crippen LogP contribution in [0.5, 0.6) is 11.5 Å². The van der Waals surface area contributed by atoms with Gasteiger partial charge in [-0.3, -0.25) is 4.79 Å². The maximum absolute atomic E-state index is 12.2. The van der Waals surface area contributed by atoms with Crippen molar-refractivity contribution >= 4 is 22.6 Å².